The number of rotatable bonds is 3. The molecular weight excluding hydrogens is 219 g/mol. The van der Waals surface area contributed by atoms with E-state index in [2.05, 4.69) is 10.6 Å². The Morgan fingerprint density at radius 3 is 2.82 bits per heavy atom. The summed E-state index contributed by atoms with van der Waals surface area (Å²) < 4.78 is 12.7. The second-order valence-electron chi connectivity index (χ2n) is 4.39. The van der Waals surface area contributed by atoms with E-state index >= 15 is 0 Å². The minimum Gasteiger partial charge on any atom is -0.352 e. The molecule has 0 aliphatic carbocycles. The topological polar surface area (TPSA) is 41.1 Å². The highest BCUT2D eigenvalue weighted by atomic mass is 19.1. The van der Waals surface area contributed by atoms with Gasteiger partial charge in [0.15, 0.2) is 0 Å². The molecule has 0 bridgehead atoms. The van der Waals surface area contributed by atoms with Gasteiger partial charge in [-0.2, -0.15) is 0 Å². The van der Waals surface area contributed by atoms with Crippen LogP contribution in [0, 0.1) is 11.7 Å². The first-order valence-electron chi connectivity index (χ1n) is 5.98. The van der Waals surface area contributed by atoms with Gasteiger partial charge in [0.05, 0.1) is 5.92 Å². The smallest absolute Gasteiger partial charge is 0.224 e. The fourth-order valence-electron chi connectivity index (χ4n) is 2.01. The van der Waals surface area contributed by atoms with E-state index < -0.39 is 0 Å². The molecule has 0 spiro atoms. The van der Waals surface area contributed by atoms with Crippen molar-refractivity contribution in [1.29, 1.82) is 0 Å². The lowest BCUT2D eigenvalue weighted by Crippen LogP contribution is -2.40. The minimum absolute atomic E-state index is 0.0733. The lowest BCUT2D eigenvalue weighted by Gasteiger charge is -2.21. The van der Waals surface area contributed by atoms with E-state index in [0.717, 1.165) is 31.5 Å². The zero-order valence-electron chi connectivity index (χ0n) is 9.71. The molecular formula is C13H17FN2O. The second-order valence-corrected chi connectivity index (χ2v) is 4.39. The van der Waals surface area contributed by atoms with Crippen molar-refractivity contribution in [2.24, 2.45) is 5.92 Å². The fraction of sp³-hybridized carbons (Fsp3) is 0.462. The molecule has 1 amide bonds. The molecule has 1 aliphatic heterocycles. The van der Waals surface area contributed by atoms with Gasteiger partial charge < -0.3 is 10.6 Å². The molecule has 3 nitrogen and oxygen atoms in total. The van der Waals surface area contributed by atoms with Crippen LogP contribution in [-0.2, 0) is 11.3 Å². The highest BCUT2D eigenvalue weighted by Gasteiger charge is 2.20. The molecule has 1 aliphatic rings. The van der Waals surface area contributed by atoms with E-state index in [9.17, 15) is 9.18 Å². The van der Waals surface area contributed by atoms with Crippen LogP contribution in [0.5, 0.6) is 0 Å². The highest BCUT2D eigenvalue weighted by Crippen LogP contribution is 2.10. The number of carbonyl (C=O) groups is 1. The van der Waals surface area contributed by atoms with Crippen molar-refractivity contribution >= 4 is 5.91 Å². The van der Waals surface area contributed by atoms with Crippen LogP contribution >= 0.6 is 0 Å². The number of hydrogen-bond acceptors (Lipinski definition) is 2. The Hall–Kier alpha value is -1.42. The lowest BCUT2D eigenvalue weighted by molar-refractivity contribution is -0.125. The summed E-state index contributed by atoms with van der Waals surface area (Å²) in [4.78, 5) is 11.8. The van der Waals surface area contributed by atoms with Crippen LogP contribution in [0.4, 0.5) is 4.39 Å². The number of benzene rings is 1. The summed E-state index contributed by atoms with van der Waals surface area (Å²) in [7, 11) is 0. The molecule has 1 atom stereocenters. The summed E-state index contributed by atoms with van der Waals surface area (Å²) in [5.74, 6) is -0.0951. The molecule has 0 radical (unpaired) electrons. The molecule has 1 saturated heterocycles. The number of amides is 1. The van der Waals surface area contributed by atoms with Crippen LogP contribution in [0.3, 0.4) is 0 Å². The average molecular weight is 236 g/mol. The molecule has 92 valence electrons. The molecule has 0 saturated carbocycles. The Morgan fingerprint density at radius 2 is 2.18 bits per heavy atom. The average Bonchev–Trinajstić information content (AvgIpc) is 2.39. The summed E-state index contributed by atoms with van der Waals surface area (Å²) in [6, 6.07) is 6.19. The monoisotopic (exact) mass is 236 g/mol. The third-order valence-corrected chi connectivity index (χ3v) is 3.05. The Kier molecular flexibility index (Phi) is 4.09. The maximum atomic E-state index is 12.7. The highest BCUT2D eigenvalue weighted by molar-refractivity contribution is 5.78. The van der Waals surface area contributed by atoms with Gasteiger partial charge in [0.25, 0.3) is 0 Å². The van der Waals surface area contributed by atoms with E-state index in [1.165, 1.54) is 12.1 Å². The quantitative estimate of drug-likeness (QED) is 0.834. The van der Waals surface area contributed by atoms with Gasteiger partial charge in [-0.1, -0.05) is 12.1 Å². The predicted octanol–water partition coefficient (Wildman–Crippen LogP) is 1.44. The molecule has 17 heavy (non-hydrogen) atoms. The predicted molar refractivity (Wildman–Crippen MR) is 63.8 cm³/mol. The van der Waals surface area contributed by atoms with Gasteiger partial charge in [-0.05, 0) is 37.1 Å². The Balaban J connectivity index is 1.81. The van der Waals surface area contributed by atoms with Crippen molar-refractivity contribution in [1.82, 2.24) is 10.6 Å². The largest absolute Gasteiger partial charge is 0.352 e. The number of carbonyl (C=O) groups excluding carboxylic acids is 1. The van der Waals surface area contributed by atoms with Crippen LogP contribution in [0.15, 0.2) is 24.3 Å². The van der Waals surface area contributed by atoms with E-state index in [0.29, 0.717) is 6.54 Å². The first kappa shape index (κ1) is 12.0. The van der Waals surface area contributed by atoms with Gasteiger partial charge >= 0.3 is 0 Å². The van der Waals surface area contributed by atoms with Crippen LogP contribution in [-0.4, -0.2) is 19.0 Å². The zero-order valence-corrected chi connectivity index (χ0v) is 9.71. The van der Waals surface area contributed by atoms with E-state index in [-0.39, 0.29) is 17.6 Å². The summed E-state index contributed by atoms with van der Waals surface area (Å²) in [5, 5.41) is 6.10. The Bertz CT molecular complexity index is 372. The number of piperidine rings is 1. The van der Waals surface area contributed by atoms with Gasteiger partial charge in [-0.15, -0.1) is 0 Å². The van der Waals surface area contributed by atoms with Crippen molar-refractivity contribution in [2.75, 3.05) is 13.1 Å². The Morgan fingerprint density at radius 1 is 1.41 bits per heavy atom. The fourth-order valence-corrected chi connectivity index (χ4v) is 2.01. The van der Waals surface area contributed by atoms with Crippen LogP contribution in [0.2, 0.25) is 0 Å². The van der Waals surface area contributed by atoms with Gasteiger partial charge in [0, 0.05) is 13.1 Å². The number of halogens is 1. The lowest BCUT2D eigenvalue weighted by atomic mass is 9.99. The molecule has 1 heterocycles. The molecule has 1 aromatic carbocycles. The van der Waals surface area contributed by atoms with Crippen molar-refractivity contribution in [2.45, 2.75) is 19.4 Å². The van der Waals surface area contributed by atoms with Gasteiger partial charge in [0.2, 0.25) is 5.91 Å². The van der Waals surface area contributed by atoms with Gasteiger partial charge in [0.1, 0.15) is 5.82 Å². The molecule has 1 aromatic rings. The molecule has 4 heteroatoms. The maximum absolute atomic E-state index is 12.7. The summed E-state index contributed by atoms with van der Waals surface area (Å²) in [6.07, 6.45) is 2.00. The van der Waals surface area contributed by atoms with Crippen LogP contribution < -0.4 is 10.6 Å². The minimum atomic E-state index is -0.253. The van der Waals surface area contributed by atoms with Crippen LogP contribution in [0.1, 0.15) is 18.4 Å². The number of nitrogens with one attached hydrogen (secondary N) is 2. The molecule has 2 rings (SSSR count). The maximum Gasteiger partial charge on any atom is 0.224 e. The summed E-state index contributed by atoms with van der Waals surface area (Å²) in [6.45, 7) is 2.23. The molecule has 0 unspecified atom stereocenters. The first-order chi connectivity index (χ1) is 8.25. The molecule has 0 aromatic heterocycles. The summed E-state index contributed by atoms with van der Waals surface area (Å²) >= 11 is 0. The standard InChI is InChI=1S/C13H17FN2O/c14-12-5-3-10(4-6-12)8-16-13(17)11-2-1-7-15-9-11/h3-6,11,15H,1-2,7-9H2,(H,16,17)/t11-/m0/s1. The normalized spacial score (nSPS) is 19.9. The van der Waals surface area contributed by atoms with Crippen molar-refractivity contribution < 1.29 is 9.18 Å². The van der Waals surface area contributed by atoms with Crippen LogP contribution in [0.25, 0.3) is 0 Å². The molecule has 2 N–H and O–H groups in total. The summed E-state index contributed by atoms with van der Waals surface area (Å²) in [5.41, 5.74) is 0.920. The Labute approximate surface area is 100 Å². The van der Waals surface area contributed by atoms with E-state index in [1.54, 1.807) is 12.1 Å². The third kappa shape index (κ3) is 3.53. The van der Waals surface area contributed by atoms with E-state index in [1.807, 2.05) is 0 Å². The number of hydrogen-bond donors (Lipinski definition) is 2. The zero-order chi connectivity index (χ0) is 12.1. The second kappa shape index (κ2) is 5.77. The van der Waals surface area contributed by atoms with Gasteiger partial charge in [-0.3, -0.25) is 4.79 Å². The third-order valence-electron chi connectivity index (χ3n) is 3.05. The van der Waals surface area contributed by atoms with E-state index in [4.69, 9.17) is 0 Å². The van der Waals surface area contributed by atoms with Gasteiger partial charge in [-0.25, -0.2) is 4.39 Å². The van der Waals surface area contributed by atoms with Crippen molar-refractivity contribution in [3.8, 4) is 0 Å². The first-order valence-corrected chi connectivity index (χ1v) is 5.98. The SMILES string of the molecule is O=C(NCc1ccc(F)cc1)[C@H]1CCCNC1. The van der Waals surface area contributed by atoms with Crippen molar-refractivity contribution in [3.05, 3.63) is 35.6 Å². The molecule has 1 fully saturated rings. The van der Waals surface area contributed by atoms with Crippen molar-refractivity contribution in [3.63, 3.8) is 0 Å².